The Morgan fingerprint density at radius 3 is 2.90 bits per heavy atom. The molecule has 3 nitrogen and oxygen atoms in total. The number of hydrogen-bond acceptors (Lipinski definition) is 4. The van der Waals surface area contributed by atoms with E-state index in [0.717, 1.165) is 29.2 Å². The summed E-state index contributed by atoms with van der Waals surface area (Å²) < 4.78 is 13.2. The summed E-state index contributed by atoms with van der Waals surface area (Å²) in [7, 11) is 0. The van der Waals surface area contributed by atoms with Crippen molar-refractivity contribution in [3.05, 3.63) is 54.0 Å². The number of rotatable bonds is 7. The summed E-state index contributed by atoms with van der Waals surface area (Å²) in [6, 6.07) is 10.9. The lowest BCUT2D eigenvalue weighted by Gasteiger charge is -2.18. The number of thioether (sulfide) groups is 1. The normalized spacial score (nSPS) is 12.3. The number of benzene rings is 1. The quantitative estimate of drug-likeness (QED) is 0.772. The van der Waals surface area contributed by atoms with E-state index in [1.807, 2.05) is 18.2 Å². The summed E-state index contributed by atoms with van der Waals surface area (Å²) in [6.45, 7) is 2.96. The standard InChI is InChI=1S/C16H20FN3S/c1-2-19-14(9-12-5-4-8-20-16(12)18)11-21-15-7-3-6-13(17)10-15/h3-8,10,14,19H,2,9,11H2,1H3,(H2,18,20). The van der Waals surface area contributed by atoms with Crippen LogP contribution in [-0.4, -0.2) is 23.3 Å². The van der Waals surface area contributed by atoms with E-state index in [9.17, 15) is 4.39 Å². The lowest BCUT2D eigenvalue weighted by atomic mass is 10.1. The summed E-state index contributed by atoms with van der Waals surface area (Å²) in [5.41, 5.74) is 6.94. The minimum atomic E-state index is -0.198. The lowest BCUT2D eigenvalue weighted by molar-refractivity contribution is 0.572. The van der Waals surface area contributed by atoms with Crippen LogP contribution in [0, 0.1) is 5.82 Å². The number of anilines is 1. The second kappa shape index (κ2) is 8.00. The van der Waals surface area contributed by atoms with E-state index in [4.69, 9.17) is 5.73 Å². The van der Waals surface area contributed by atoms with E-state index in [1.165, 1.54) is 6.07 Å². The Balaban J connectivity index is 1.97. The molecule has 1 unspecified atom stereocenters. The minimum Gasteiger partial charge on any atom is -0.383 e. The number of hydrogen-bond donors (Lipinski definition) is 2. The number of nitrogens with two attached hydrogens (primary N) is 1. The maximum Gasteiger partial charge on any atom is 0.126 e. The Bertz CT molecular complexity index is 577. The fourth-order valence-electron chi connectivity index (χ4n) is 2.12. The van der Waals surface area contributed by atoms with E-state index < -0.39 is 0 Å². The number of nitrogen functional groups attached to an aromatic ring is 1. The van der Waals surface area contributed by atoms with Gasteiger partial charge in [0.05, 0.1) is 0 Å². The molecule has 1 atom stereocenters. The van der Waals surface area contributed by atoms with Crippen molar-refractivity contribution in [2.75, 3.05) is 18.0 Å². The molecule has 1 aromatic carbocycles. The summed E-state index contributed by atoms with van der Waals surface area (Å²) in [5.74, 6) is 1.23. The fourth-order valence-corrected chi connectivity index (χ4v) is 3.12. The Morgan fingerprint density at radius 1 is 1.33 bits per heavy atom. The van der Waals surface area contributed by atoms with Crippen molar-refractivity contribution >= 4 is 17.6 Å². The highest BCUT2D eigenvalue weighted by Crippen LogP contribution is 2.21. The van der Waals surface area contributed by atoms with Crippen LogP contribution in [0.5, 0.6) is 0 Å². The Hall–Kier alpha value is -1.59. The number of nitrogens with one attached hydrogen (secondary N) is 1. The Kier molecular flexibility index (Phi) is 6.02. The van der Waals surface area contributed by atoms with E-state index in [1.54, 1.807) is 30.1 Å². The van der Waals surface area contributed by atoms with Crippen molar-refractivity contribution in [3.8, 4) is 0 Å². The van der Waals surface area contributed by atoms with Gasteiger partial charge in [0.1, 0.15) is 11.6 Å². The highest BCUT2D eigenvalue weighted by molar-refractivity contribution is 7.99. The van der Waals surface area contributed by atoms with Crippen molar-refractivity contribution < 1.29 is 4.39 Å². The second-order valence-corrected chi connectivity index (χ2v) is 5.87. The molecule has 0 saturated heterocycles. The van der Waals surface area contributed by atoms with Crippen LogP contribution in [0.4, 0.5) is 10.2 Å². The van der Waals surface area contributed by atoms with Gasteiger partial charge in [-0.2, -0.15) is 0 Å². The topological polar surface area (TPSA) is 50.9 Å². The van der Waals surface area contributed by atoms with E-state index in [0.29, 0.717) is 5.82 Å². The Labute approximate surface area is 129 Å². The molecule has 0 aliphatic rings. The first-order chi connectivity index (χ1) is 10.2. The maximum atomic E-state index is 13.2. The highest BCUT2D eigenvalue weighted by Gasteiger charge is 2.11. The van der Waals surface area contributed by atoms with Gasteiger partial charge in [-0.15, -0.1) is 11.8 Å². The second-order valence-electron chi connectivity index (χ2n) is 4.77. The summed E-state index contributed by atoms with van der Waals surface area (Å²) >= 11 is 1.64. The van der Waals surface area contributed by atoms with Gasteiger partial charge in [0.15, 0.2) is 0 Å². The predicted octanol–water partition coefficient (Wildman–Crippen LogP) is 3.12. The van der Waals surface area contributed by atoms with Crippen molar-refractivity contribution in [2.24, 2.45) is 0 Å². The average molecular weight is 305 g/mol. The van der Waals surface area contributed by atoms with E-state index in [-0.39, 0.29) is 11.9 Å². The van der Waals surface area contributed by atoms with Gasteiger partial charge in [-0.3, -0.25) is 0 Å². The fraction of sp³-hybridized carbons (Fsp3) is 0.312. The van der Waals surface area contributed by atoms with E-state index >= 15 is 0 Å². The van der Waals surface area contributed by atoms with Crippen LogP contribution in [0.3, 0.4) is 0 Å². The van der Waals surface area contributed by atoms with Crippen LogP contribution in [0.2, 0.25) is 0 Å². The van der Waals surface area contributed by atoms with Crippen LogP contribution in [0.15, 0.2) is 47.5 Å². The summed E-state index contributed by atoms with van der Waals surface area (Å²) in [4.78, 5) is 5.06. The largest absolute Gasteiger partial charge is 0.383 e. The number of aromatic nitrogens is 1. The molecule has 0 saturated carbocycles. The number of nitrogens with zero attached hydrogens (tertiary/aromatic N) is 1. The van der Waals surface area contributed by atoms with Gasteiger partial charge in [-0.1, -0.05) is 19.1 Å². The third kappa shape index (κ3) is 5.02. The number of halogens is 1. The highest BCUT2D eigenvalue weighted by atomic mass is 32.2. The molecule has 2 aromatic rings. The van der Waals surface area contributed by atoms with Crippen LogP contribution in [0.25, 0.3) is 0 Å². The monoisotopic (exact) mass is 305 g/mol. The molecule has 0 spiro atoms. The molecular weight excluding hydrogens is 285 g/mol. The van der Waals surface area contributed by atoms with Crippen LogP contribution in [0.1, 0.15) is 12.5 Å². The molecule has 0 bridgehead atoms. The third-order valence-electron chi connectivity index (χ3n) is 3.13. The molecule has 0 aliphatic heterocycles. The van der Waals surface area contributed by atoms with Gasteiger partial charge >= 0.3 is 0 Å². The summed E-state index contributed by atoms with van der Waals surface area (Å²) in [6.07, 6.45) is 2.51. The smallest absolute Gasteiger partial charge is 0.126 e. The zero-order chi connectivity index (χ0) is 15.1. The van der Waals surface area contributed by atoms with Gasteiger partial charge in [-0.05, 0) is 42.8 Å². The van der Waals surface area contributed by atoms with Gasteiger partial charge in [0.25, 0.3) is 0 Å². The third-order valence-corrected chi connectivity index (χ3v) is 4.29. The van der Waals surface area contributed by atoms with Crippen molar-refractivity contribution in [2.45, 2.75) is 24.3 Å². The number of likely N-dealkylation sites (N-methyl/N-ethyl adjacent to an activating group) is 1. The van der Waals surface area contributed by atoms with Gasteiger partial charge < -0.3 is 11.1 Å². The zero-order valence-corrected chi connectivity index (χ0v) is 12.9. The number of pyridine rings is 1. The SMILES string of the molecule is CCNC(CSc1cccc(F)c1)Cc1cccnc1N. The van der Waals surface area contributed by atoms with E-state index in [2.05, 4.69) is 17.2 Å². The average Bonchev–Trinajstić information content (AvgIpc) is 2.47. The summed E-state index contributed by atoms with van der Waals surface area (Å²) in [5, 5.41) is 3.45. The lowest BCUT2D eigenvalue weighted by Crippen LogP contribution is -2.33. The minimum absolute atomic E-state index is 0.198. The molecule has 0 radical (unpaired) electrons. The molecule has 0 amide bonds. The first-order valence-corrected chi connectivity index (χ1v) is 7.98. The Morgan fingerprint density at radius 2 is 2.19 bits per heavy atom. The maximum absolute atomic E-state index is 13.2. The van der Waals surface area contributed by atoms with Crippen molar-refractivity contribution in [1.29, 1.82) is 0 Å². The van der Waals surface area contributed by atoms with Gasteiger partial charge in [0.2, 0.25) is 0 Å². The first kappa shape index (κ1) is 15.8. The molecule has 0 aliphatic carbocycles. The molecule has 5 heteroatoms. The molecule has 3 N–H and O–H groups in total. The molecule has 1 heterocycles. The molecular formula is C16H20FN3S. The van der Waals surface area contributed by atoms with Gasteiger partial charge in [-0.25, -0.2) is 9.37 Å². The van der Waals surface area contributed by atoms with Crippen molar-refractivity contribution in [1.82, 2.24) is 10.3 Å². The molecule has 2 rings (SSSR count). The molecule has 21 heavy (non-hydrogen) atoms. The first-order valence-electron chi connectivity index (χ1n) is 7.00. The molecule has 112 valence electrons. The van der Waals surface area contributed by atoms with Crippen LogP contribution >= 0.6 is 11.8 Å². The molecule has 0 fully saturated rings. The van der Waals surface area contributed by atoms with Crippen molar-refractivity contribution in [3.63, 3.8) is 0 Å². The zero-order valence-electron chi connectivity index (χ0n) is 12.1. The predicted molar refractivity (Wildman–Crippen MR) is 86.9 cm³/mol. The van der Waals surface area contributed by atoms with Crippen LogP contribution < -0.4 is 11.1 Å². The van der Waals surface area contributed by atoms with Crippen LogP contribution in [-0.2, 0) is 6.42 Å². The molecule has 1 aromatic heterocycles. The van der Waals surface area contributed by atoms with Gasteiger partial charge in [0, 0.05) is 22.9 Å².